The Kier molecular flexibility index (Phi) is 5.70. The zero-order chi connectivity index (χ0) is 22.0. The van der Waals surface area contributed by atoms with Crippen molar-refractivity contribution in [3.8, 4) is 0 Å². The van der Waals surface area contributed by atoms with Gasteiger partial charge in [0.1, 0.15) is 11.3 Å². The predicted molar refractivity (Wildman–Crippen MR) is 118 cm³/mol. The minimum atomic E-state index is -0.601. The number of aryl methyl sites for hydroxylation is 1. The molecule has 3 aromatic rings. The van der Waals surface area contributed by atoms with Gasteiger partial charge in [0, 0.05) is 24.2 Å². The molecule has 0 unspecified atom stereocenters. The van der Waals surface area contributed by atoms with Crippen molar-refractivity contribution in [3.05, 3.63) is 59.4 Å². The average Bonchev–Trinajstić information content (AvgIpc) is 3.28. The number of ether oxygens (including phenoxy) is 1. The highest BCUT2D eigenvalue weighted by Gasteiger charge is 2.17. The summed E-state index contributed by atoms with van der Waals surface area (Å²) in [6.07, 6.45) is 2.22. The fourth-order valence-electron chi connectivity index (χ4n) is 3.71. The van der Waals surface area contributed by atoms with E-state index in [4.69, 9.17) is 4.74 Å². The maximum Gasteiger partial charge on any atom is 0.339 e. The highest BCUT2D eigenvalue weighted by molar-refractivity contribution is 6.05. The van der Waals surface area contributed by atoms with Crippen molar-refractivity contribution in [2.45, 2.75) is 19.8 Å². The normalized spacial score (nSPS) is 13.3. The van der Waals surface area contributed by atoms with E-state index in [-0.39, 0.29) is 16.8 Å². The highest BCUT2D eigenvalue weighted by Crippen LogP contribution is 2.26. The largest absolute Gasteiger partial charge is 0.465 e. The molecule has 0 radical (unpaired) electrons. The van der Waals surface area contributed by atoms with E-state index < -0.39 is 17.8 Å². The van der Waals surface area contributed by atoms with Crippen molar-refractivity contribution in [2.24, 2.45) is 0 Å². The van der Waals surface area contributed by atoms with Gasteiger partial charge in [-0.15, -0.1) is 0 Å². The number of aromatic nitrogens is 1. The quantitative estimate of drug-likeness (QED) is 0.595. The number of esters is 1. The van der Waals surface area contributed by atoms with Crippen LogP contribution in [-0.2, 0) is 4.74 Å². The topological polar surface area (TPSA) is 83.6 Å². The van der Waals surface area contributed by atoms with Crippen LogP contribution in [0, 0.1) is 12.7 Å². The van der Waals surface area contributed by atoms with Gasteiger partial charge in [-0.2, -0.15) is 0 Å². The number of anilines is 3. The molecule has 7 nitrogen and oxygen atoms in total. The smallest absolute Gasteiger partial charge is 0.339 e. The summed E-state index contributed by atoms with van der Waals surface area (Å²) < 4.78 is 19.5. The Bertz CT molecular complexity index is 1160. The van der Waals surface area contributed by atoms with Crippen molar-refractivity contribution in [1.82, 2.24) is 4.98 Å². The van der Waals surface area contributed by atoms with Gasteiger partial charge in [0.05, 0.1) is 18.4 Å². The second-order valence-corrected chi connectivity index (χ2v) is 7.51. The number of halogens is 1. The van der Waals surface area contributed by atoms with E-state index in [0.29, 0.717) is 11.1 Å². The van der Waals surface area contributed by atoms with Crippen LogP contribution >= 0.6 is 0 Å². The summed E-state index contributed by atoms with van der Waals surface area (Å²) in [6, 6.07) is 11.0. The lowest BCUT2D eigenvalue weighted by Gasteiger charge is -2.17. The van der Waals surface area contributed by atoms with E-state index in [0.717, 1.165) is 37.3 Å². The summed E-state index contributed by atoms with van der Waals surface area (Å²) in [6.45, 7) is 3.69. The minimum Gasteiger partial charge on any atom is -0.465 e. The number of methoxy groups -OCH3 is 1. The Labute approximate surface area is 179 Å². The number of pyridine rings is 1. The lowest BCUT2D eigenvalue weighted by Crippen LogP contribution is -2.21. The molecule has 1 saturated heterocycles. The van der Waals surface area contributed by atoms with Crippen molar-refractivity contribution in [3.63, 3.8) is 0 Å². The lowest BCUT2D eigenvalue weighted by molar-refractivity contribution is 0.0602. The molecule has 0 bridgehead atoms. The van der Waals surface area contributed by atoms with E-state index in [2.05, 4.69) is 20.5 Å². The molecule has 2 N–H and O–H groups in total. The van der Waals surface area contributed by atoms with Crippen molar-refractivity contribution in [1.29, 1.82) is 0 Å². The molecule has 1 fully saturated rings. The van der Waals surface area contributed by atoms with Crippen LogP contribution < -0.4 is 15.5 Å². The van der Waals surface area contributed by atoms with Gasteiger partial charge in [-0.25, -0.2) is 19.0 Å². The van der Waals surface area contributed by atoms with E-state index in [1.165, 1.54) is 13.2 Å². The molecule has 8 heteroatoms. The fourth-order valence-corrected chi connectivity index (χ4v) is 3.71. The molecule has 1 aliphatic heterocycles. The molecule has 2 aromatic carbocycles. The predicted octanol–water partition coefficient (Wildman–Crippen LogP) is 4.71. The molecule has 4 rings (SSSR count). The number of hydrogen-bond donors (Lipinski definition) is 2. The summed E-state index contributed by atoms with van der Waals surface area (Å²) in [7, 11) is 1.27. The molecule has 2 amide bonds. The van der Waals surface area contributed by atoms with Crippen LogP contribution in [0.2, 0.25) is 0 Å². The number of carbonyl (C=O) groups excluding carboxylic acids is 2. The average molecular weight is 422 g/mol. The van der Waals surface area contributed by atoms with Gasteiger partial charge >= 0.3 is 12.0 Å². The van der Waals surface area contributed by atoms with Crippen LogP contribution in [0.15, 0.2) is 42.5 Å². The molecular formula is C23H23FN4O3. The van der Waals surface area contributed by atoms with Crippen LogP contribution in [0.4, 0.5) is 26.4 Å². The monoisotopic (exact) mass is 422 g/mol. The molecule has 0 atom stereocenters. The van der Waals surface area contributed by atoms with Gasteiger partial charge in [0.25, 0.3) is 0 Å². The van der Waals surface area contributed by atoms with E-state index >= 15 is 0 Å². The summed E-state index contributed by atoms with van der Waals surface area (Å²) in [4.78, 5) is 31.1. The summed E-state index contributed by atoms with van der Waals surface area (Å²) in [5, 5.41) is 5.84. The molecular weight excluding hydrogens is 399 g/mol. The van der Waals surface area contributed by atoms with Gasteiger partial charge in [-0.05, 0) is 61.7 Å². The molecule has 160 valence electrons. The zero-order valence-electron chi connectivity index (χ0n) is 17.4. The number of rotatable bonds is 4. The minimum absolute atomic E-state index is 0.228. The van der Waals surface area contributed by atoms with E-state index in [1.54, 1.807) is 30.3 Å². The van der Waals surface area contributed by atoms with E-state index in [1.807, 2.05) is 13.0 Å². The third-order valence-electron chi connectivity index (χ3n) is 5.25. The Morgan fingerprint density at radius 1 is 1.06 bits per heavy atom. The Morgan fingerprint density at radius 2 is 1.84 bits per heavy atom. The maximum atomic E-state index is 14.7. The first-order valence-electron chi connectivity index (χ1n) is 10.1. The van der Waals surface area contributed by atoms with E-state index in [9.17, 15) is 14.0 Å². The molecule has 31 heavy (non-hydrogen) atoms. The second kappa shape index (κ2) is 8.59. The van der Waals surface area contributed by atoms with Crippen molar-refractivity contribution in [2.75, 3.05) is 35.7 Å². The maximum absolute atomic E-state index is 14.7. The number of nitrogens with one attached hydrogen (secondary N) is 2. The van der Waals surface area contributed by atoms with Gasteiger partial charge in [0.15, 0.2) is 5.82 Å². The lowest BCUT2D eigenvalue weighted by atomic mass is 10.1. The summed E-state index contributed by atoms with van der Waals surface area (Å²) in [5.74, 6) is -0.316. The highest BCUT2D eigenvalue weighted by atomic mass is 19.1. The number of carbonyl (C=O) groups is 2. The van der Waals surface area contributed by atoms with Crippen LogP contribution in [0.5, 0.6) is 0 Å². The first kappa shape index (κ1) is 20.6. The number of fused-ring (bicyclic) bond motifs is 1. The second-order valence-electron chi connectivity index (χ2n) is 7.51. The number of benzene rings is 2. The van der Waals surface area contributed by atoms with Crippen LogP contribution in [0.25, 0.3) is 10.9 Å². The fraction of sp³-hybridized carbons (Fsp3) is 0.261. The van der Waals surface area contributed by atoms with Gasteiger partial charge in [-0.3, -0.25) is 0 Å². The first-order valence-corrected chi connectivity index (χ1v) is 10.1. The number of nitrogens with zero attached hydrogens (tertiary/aromatic N) is 2. The Balaban J connectivity index is 1.55. The van der Waals surface area contributed by atoms with Gasteiger partial charge in [0.2, 0.25) is 0 Å². The molecule has 0 aliphatic carbocycles. The van der Waals surface area contributed by atoms with Crippen molar-refractivity contribution >= 4 is 40.1 Å². The molecule has 0 spiro atoms. The Hall–Kier alpha value is -3.68. The SMILES string of the molecule is COC(=O)c1ccc(C)cc1NC(=O)Nc1cc(F)c2nc(N3CCCC3)ccc2c1. The van der Waals surface area contributed by atoms with Crippen LogP contribution in [0.1, 0.15) is 28.8 Å². The molecule has 1 aromatic heterocycles. The summed E-state index contributed by atoms with van der Waals surface area (Å²) in [5.41, 5.74) is 1.95. The Morgan fingerprint density at radius 3 is 2.58 bits per heavy atom. The van der Waals surface area contributed by atoms with Gasteiger partial charge in [-0.1, -0.05) is 6.07 Å². The molecule has 1 aliphatic rings. The third-order valence-corrected chi connectivity index (χ3v) is 5.25. The standard InChI is InChI=1S/C23H23FN4O3/c1-14-5-7-17(22(29)31-2)19(11-14)26-23(30)25-16-12-15-6-8-20(28-9-3-4-10-28)27-21(15)18(24)13-16/h5-8,11-13H,3-4,9-10H2,1-2H3,(H2,25,26,30). The number of amides is 2. The first-order chi connectivity index (χ1) is 14.9. The number of hydrogen-bond acceptors (Lipinski definition) is 5. The van der Waals surface area contributed by atoms with Crippen LogP contribution in [-0.4, -0.2) is 37.2 Å². The summed E-state index contributed by atoms with van der Waals surface area (Å²) >= 11 is 0. The third kappa shape index (κ3) is 4.42. The number of urea groups is 1. The molecule has 2 heterocycles. The van der Waals surface area contributed by atoms with Gasteiger partial charge < -0.3 is 20.3 Å². The van der Waals surface area contributed by atoms with Crippen molar-refractivity contribution < 1.29 is 18.7 Å². The van der Waals surface area contributed by atoms with Crippen LogP contribution in [0.3, 0.4) is 0 Å². The zero-order valence-corrected chi connectivity index (χ0v) is 17.4. The molecule has 0 saturated carbocycles.